The molecule has 33 heavy (non-hydrogen) atoms. The monoisotopic (exact) mass is 480 g/mol. The van der Waals surface area contributed by atoms with E-state index in [9.17, 15) is 9.59 Å². The van der Waals surface area contributed by atoms with Crippen molar-refractivity contribution in [2.24, 2.45) is 4.99 Å². The van der Waals surface area contributed by atoms with E-state index in [0.717, 1.165) is 16.0 Å². The number of ether oxygens (including phenoxy) is 2. The van der Waals surface area contributed by atoms with Gasteiger partial charge in [0.25, 0.3) is 5.56 Å². The number of allylic oxidation sites excluding steroid dienone is 1. The lowest BCUT2D eigenvalue weighted by Gasteiger charge is -2.24. The third-order valence-corrected chi connectivity index (χ3v) is 7.07. The van der Waals surface area contributed by atoms with Crippen LogP contribution in [0.3, 0.4) is 0 Å². The van der Waals surface area contributed by atoms with Crippen LogP contribution in [0.4, 0.5) is 0 Å². The molecule has 1 unspecified atom stereocenters. The number of aromatic nitrogens is 1. The predicted octanol–water partition coefficient (Wildman–Crippen LogP) is 3.53. The predicted molar refractivity (Wildman–Crippen MR) is 132 cm³/mol. The second kappa shape index (κ2) is 9.80. The van der Waals surface area contributed by atoms with Crippen LogP contribution >= 0.6 is 23.1 Å². The second-order valence-corrected chi connectivity index (χ2v) is 9.24. The van der Waals surface area contributed by atoms with E-state index in [1.54, 1.807) is 37.3 Å². The summed E-state index contributed by atoms with van der Waals surface area (Å²) in [6, 6.07) is 14.8. The van der Waals surface area contributed by atoms with Gasteiger partial charge in [-0.25, -0.2) is 9.79 Å². The van der Waals surface area contributed by atoms with E-state index in [1.165, 1.54) is 11.3 Å². The van der Waals surface area contributed by atoms with Crippen molar-refractivity contribution in [2.45, 2.75) is 24.8 Å². The van der Waals surface area contributed by atoms with Crippen LogP contribution in [0.25, 0.3) is 6.08 Å². The number of fused-ring (bicyclic) bond motifs is 1. The molecule has 3 aromatic rings. The van der Waals surface area contributed by atoms with Crippen LogP contribution in [0.1, 0.15) is 31.0 Å². The van der Waals surface area contributed by atoms with Crippen molar-refractivity contribution in [3.05, 3.63) is 90.6 Å². The maximum Gasteiger partial charge on any atom is 0.338 e. The van der Waals surface area contributed by atoms with Crippen molar-refractivity contribution in [1.29, 1.82) is 0 Å². The van der Waals surface area contributed by atoms with Gasteiger partial charge in [-0.2, -0.15) is 0 Å². The second-order valence-electron chi connectivity index (χ2n) is 7.35. The maximum atomic E-state index is 13.6. The lowest BCUT2D eigenvalue weighted by molar-refractivity contribution is -0.139. The van der Waals surface area contributed by atoms with Crippen molar-refractivity contribution in [3.63, 3.8) is 0 Å². The first-order valence-electron chi connectivity index (χ1n) is 10.4. The molecule has 4 rings (SSSR count). The largest absolute Gasteiger partial charge is 0.497 e. The molecule has 1 aliphatic rings. The normalized spacial score (nSPS) is 15.8. The maximum absolute atomic E-state index is 13.6. The van der Waals surface area contributed by atoms with E-state index >= 15 is 0 Å². The summed E-state index contributed by atoms with van der Waals surface area (Å²) in [4.78, 5) is 32.8. The van der Waals surface area contributed by atoms with Crippen LogP contribution < -0.4 is 19.6 Å². The number of benzene rings is 2. The molecule has 0 bridgehead atoms. The number of hydrogen-bond acceptors (Lipinski definition) is 7. The molecule has 1 aromatic heterocycles. The lowest BCUT2D eigenvalue weighted by Crippen LogP contribution is -2.39. The highest BCUT2D eigenvalue weighted by molar-refractivity contribution is 7.98. The molecular formula is C25H24N2O4S2. The highest BCUT2D eigenvalue weighted by atomic mass is 32.2. The smallest absolute Gasteiger partial charge is 0.338 e. The summed E-state index contributed by atoms with van der Waals surface area (Å²) in [5.41, 5.74) is 2.42. The number of carbonyl (C=O) groups is 1. The molecule has 170 valence electrons. The van der Waals surface area contributed by atoms with Crippen LogP contribution in [-0.4, -0.2) is 30.5 Å². The van der Waals surface area contributed by atoms with E-state index in [1.807, 2.05) is 60.9 Å². The number of carbonyl (C=O) groups excluding carboxylic acids is 1. The molecule has 0 fully saturated rings. The molecule has 6 nitrogen and oxygen atoms in total. The molecule has 2 heterocycles. The van der Waals surface area contributed by atoms with Gasteiger partial charge in [0, 0.05) is 4.90 Å². The summed E-state index contributed by atoms with van der Waals surface area (Å²) in [6.45, 7) is 3.79. The quantitative estimate of drug-likeness (QED) is 0.399. The molecule has 0 spiro atoms. The number of esters is 1. The molecule has 0 N–H and O–H groups in total. The molecular weight excluding hydrogens is 456 g/mol. The Hall–Kier alpha value is -3.10. The Kier molecular flexibility index (Phi) is 6.85. The van der Waals surface area contributed by atoms with Crippen molar-refractivity contribution in [2.75, 3.05) is 20.0 Å². The SMILES string of the molecule is CCOC(=O)C1=C(C)N=c2sc(=Cc3cccc(OC)c3)c(=O)n2C1c1ccc(SC)cc1. The van der Waals surface area contributed by atoms with E-state index < -0.39 is 12.0 Å². The zero-order chi connectivity index (χ0) is 23.5. The minimum Gasteiger partial charge on any atom is -0.497 e. The van der Waals surface area contributed by atoms with Crippen LogP contribution in [-0.2, 0) is 9.53 Å². The fourth-order valence-electron chi connectivity index (χ4n) is 3.78. The zero-order valence-electron chi connectivity index (χ0n) is 18.8. The first-order valence-corrected chi connectivity index (χ1v) is 12.5. The molecule has 1 aliphatic heterocycles. The van der Waals surface area contributed by atoms with Gasteiger partial charge in [0.2, 0.25) is 0 Å². The summed E-state index contributed by atoms with van der Waals surface area (Å²) < 4.78 is 12.8. The van der Waals surface area contributed by atoms with E-state index in [4.69, 9.17) is 9.47 Å². The van der Waals surface area contributed by atoms with Crippen LogP contribution in [0.2, 0.25) is 0 Å². The summed E-state index contributed by atoms with van der Waals surface area (Å²) >= 11 is 2.94. The van der Waals surface area contributed by atoms with Crippen LogP contribution in [0.15, 0.2) is 74.5 Å². The number of hydrogen-bond donors (Lipinski definition) is 0. The molecule has 0 amide bonds. The van der Waals surface area contributed by atoms with E-state index in [-0.39, 0.29) is 12.2 Å². The number of rotatable bonds is 6. The fraction of sp³-hybridized carbons (Fsp3) is 0.240. The summed E-state index contributed by atoms with van der Waals surface area (Å²) in [6.07, 6.45) is 3.83. The molecule has 1 atom stereocenters. The van der Waals surface area contributed by atoms with Crippen LogP contribution in [0, 0.1) is 0 Å². The zero-order valence-corrected chi connectivity index (χ0v) is 20.5. The summed E-state index contributed by atoms with van der Waals surface area (Å²) in [7, 11) is 1.61. The van der Waals surface area contributed by atoms with Crippen molar-refractivity contribution in [1.82, 2.24) is 4.57 Å². The molecule has 0 radical (unpaired) electrons. The first kappa shape index (κ1) is 23.1. The Morgan fingerprint density at radius 1 is 1.24 bits per heavy atom. The highest BCUT2D eigenvalue weighted by Crippen LogP contribution is 2.31. The van der Waals surface area contributed by atoms with Gasteiger partial charge in [-0.1, -0.05) is 35.6 Å². The van der Waals surface area contributed by atoms with Crippen molar-refractivity contribution < 1.29 is 14.3 Å². The van der Waals surface area contributed by atoms with Gasteiger partial charge in [0.05, 0.1) is 35.6 Å². The minimum absolute atomic E-state index is 0.199. The average Bonchev–Trinajstić information content (AvgIpc) is 3.12. The highest BCUT2D eigenvalue weighted by Gasteiger charge is 2.33. The van der Waals surface area contributed by atoms with Gasteiger partial charge in [0.1, 0.15) is 5.75 Å². The van der Waals surface area contributed by atoms with Gasteiger partial charge in [0.15, 0.2) is 4.80 Å². The summed E-state index contributed by atoms with van der Waals surface area (Å²) in [5, 5.41) is 0. The average molecular weight is 481 g/mol. The number of thioether (sulfide) groups is 1. The number of nitrogens with zero attached hydrogens (tertiary/aromatic N) is 2. The van der Waals surface area contributed by atoms with Crippen LogP contribution in [0.5, 0.6) is 5.75 Å². The third kappa shape index (κ3) is 4.54. The van der Waals surface area contributed by atoms with Crippen molar-refractivity contribution in [3.8, 4) is 5.75 Å². The number of thiazole rings is 1. The number of methoxy groups -OCH3 is 1. The summed E-state index contributed by atoms with van der Waals surface area (Å²) in [5.74, 6) is 0.253. The fourth-order valence-corrected chi connectivity index (χ4v) is 5.23. The first-order chi connectivity index (χ1) is 16.0. The molecule has 8 heteroatoms. The Morgan fingerprint density at radius 2 is 2.00 bits per heavy atom. The lowest BCUT2D eigenvalue weighted by atomic mass is 9.96. The van der Waals surface area contributed by atoms with Crippen molar-refractivity contribution >= 4 is 35.1 Å². The van der Waals surface area contributed by atoms with Gasteiger partial charge in [-0.3, -0.25) is 9.36 Å². The van der Waals surface area contributed by atoms with Gasteiger partial charge in [-0.05, 0) is 61.6 Å². The Labute approximate surface area is 199 Å². The molecule has 0 saturated heterocycles. The van der Waals surface area contributed by atoms with E-state index in [2.05, 4.69) is 4.99 Å². The van der Waals surface area contributed by atoms with Gasteiger partial charge >= 0.3 is 5.97 Å². The Morgan fingerprint density at radius 3 is 2.67 bits per heavy atom. The molecule has 2 aromatic carbocycles. The third-order valence-electron chi connectivity index (χ3n) is 5.34. The van der Waals surface area contributed by atoms with E-state index in [0.29, 0.717) is 26.4 Å². The standard InChI is InChI=1S/C25H24N2O4S2/c1-5-31-24(29)21-15(2)26-25-27(22(21)17-9-11-19(32-4)12-10-17)23(28)20(33-25)14-16-7-6-8-18(13-16)30-3/h6-14,22H,5H2,1-4H3. The molecule has 0 saturated carbocycles. The Bertz CT molecular complexity index is 1400. The van der Waals surface area contributed by atoms with Gasteiger partial charge in [-0.15, -0.1) is 11.8 Å². The minimum atomic E-state index is -0.608. The van der Waals surface area contributed by atoms with Gasteiger partial charge < -0.3 is 9.47 Å². The molecule has 0 aliphatic carbocycles. The topological polar surface area (TPSA) is 69.9 Å². The Balaban J connectivity index is 1.93.